The van der Waals surface area contributed by atoms with E-state index in [2.05, 4.69) is 54.2 Å². The minimum absolute atomic E-state index is 0.188. The highest BCUT2D eigenvalue weighted by molar-refractivity contribution is 7.78. The maximum absolute atomic E-state index is 14.5. The number of hydrogen-bond acceptors (Lipinski definition) is 2. The van der Waals surface area contributed by atoms with Gasteiger partial charge in [-0.2, -0.15) is 0 Å². The third-order valence-electron chi connectivity index (χ3n) is 8.81. The van der Waals surface area contributed by atoms with Crippen molar-refractivity contribution in [1.29, 1.82) is 0 Å². The van der Waals surface area contributed by atoms with Crippen LogP contribution in [0.25, 0.3) is 0 Å². The van der Waals surface area contributed by atoms with Crippen LogP contribution in [0.5, 0.6) is 0 Å². The highest BCUT2D eigenvalue weighted by Gasteiger charge is 2.56. The Hall–Kier alpha value is -1.41. The normalized spacial score (nSPS) is 23.0. The van der Waals surface area contributed by atoms with E-state index in [0.29, 0.717) is 17.7 Å². The molecule has 2 aromatic rings. The van der Waals surface area contributed by atoms with Gasteiger partial charge in [-0.25, -0.2) is 0 Å². The van der Waals surface area contributed by atoms with E-state index >= 15 is 0 Å². The number of rotatable bonds is 7. The molecule has 2 saturated carbocycles. The molecule has 0 heterocycles. The Labute approximate surface area is 221 Å². The van der Waals surface area contributed by atoms with Crippen molar-refractivity contribution in [3.8, 4) is 0 Å². The van der Waals surface area contributed by atoms with Crippen LogP contribution in [-0.4, -0.2) is 20.6 Å². The first-order valence-corrected chi connectivity index (χ1v) is 18.3. The average Bonchev–Trinajstić information content (AvgIpc) is 3.59. The van der Waals surface area contributed by atoms with E-state index < -0.39 is 15.5 Å². The Kier molecular flexibility index (Phi) is 7.71. The van der Waals surface area contributed by atoms with Gasteiger partial charge >= 0.3 is 0 Å². The molecule has 2 aliphatic rings. The Morgan fingerprint density at radius 3 is 1.89 bits per heavy atom. The number of allylic oxidation sites excluding steroid dienone is 1. The maximum Gasteiger partial charge on any atom is 0.196 e. The molecule has 0 saturated heterocycles. The molecule has 2 aromatic carbocycles. The summed E-state index contributed by atoms with van der Waals surface area (Å²) in [5.74, 6) is 0. The highest BCUT2D eigenvalue weighted by Crippen LogP contribution is 2.60. The van der Waals surface area contributed by atoms with Crippen LogP contribution in [0.2, 0.25) is 17.6 Å². The zero-order chi connectivity index (χ0) is 26.2. The van der Waals surface area contributed by atoms with Gasteiger partial charge in [-0.3, -0.25) is 0 Å². The quantitative estimate of drug-likeness (QED) is 0.206. The van der Waals surface area contributed by atoms with Crippen LogP contribution in [0.3, 0.4) is 0 Å². The zero-order valence-corrected chi connectivity index (χ0v) is 25.5. The second kappa shape index (κ2) is 10.0. The van der Waals surface area contributed by atoms with Gasteiger partial charge in [-0.1, -0.05) is 114 Å². The minimum atomic E-state index is -2.73. The van der Waals surface area contributed by atoms with Crippen molar-refractivity contribution >= 4 is 26.1 Å². The molecule has 36 heavy (non-hydrogen) atoms. The Morgan fingerprint density at radius 1 is 0.917 bits per heavy atom. The summed E-state index contributed by atoms with van der Waals surface area (Å²) in [4.78, 5) is 0. The first kappa shape index (κ1) is 27.6. The summed E-state index contributed by atoms with van der Waals surface area (Å²) in [6.07, 6.45) is 9.18. The molecule has 2 fully saturated rings. The molecule has 0 N–H and O–H groups in total. The van der Waals surface area contributed by atoms with Crippen LogP contribution in [0.1, 0.15) is 73.6 Å². The van der Waals surface area contributed by atoms with Crippen molar-refractivity contribution in [2.75, 3.05) is 6.16 Å². The molecule has 0 bridgehead atoms. The molecule has 196 valence electrons. The van der Waals surface area contributed by atoms with E-state index in [1.807, 2.05) is 60.7 Å². The van der Waals surface area contributed by atoms with Crippen LogP contribution in [-0.2, 0) is 8.99 Å². The minimum Gasteiger partial charge on any atom is -0.413 e. The smallest absolute Gasteiger partial charge is 0.196 e. The van der Waals surface area contributed by atoms with E-state index in [0.717, 1.165) is 23.5 Å². The Bertz CT molecular complexity index is 1060. The third kappa shape index (κ3) is 6.00. The molecule has 0 amide bonds. The van der Waals surface area contributed by atoms with Crippen LogP contribution in [0.15, 0.2) is 72.3 Å². The van der Waals surface area contributed by atoms with E-state index in [1.165, 1.54) is 30.9 Å². The summed E-state index contributed by atoms with van der Waals surface area (Å²) < 4.78 is 21.9. The van der Waals surface area contributed by atoms with Crippen LogP contribution in [0, 0.1) is 10.8 Å². The molecule has 1 spiro atoms. The molecule has 0 aromatic heterocycles. The summed E-state index contributed by atoms with van der Waals surface area (Å²) in [7, 11) is -4.73. The van der Waals surface area contributed by atoms with Crippen LogP contribution >= 0.6 is 7.14 Å². The predicted octanol–water partition coefficient (Wildman–Crippen LogP) is 8.70. The number of hydrogen-bond donors (Lipinski definition) is 0. The monoisotopic (exact) mass is 522 g/mol. The largest absolute Gasteiger partial charge is 0.413 e. The number of benzene rings is 2. The fourth-order valence-electron chi connectivity index (χ4n) is 5.98. The van der Waals surface area contributed by atoms with Crippen LogP contribution < -0.4 is 10.6 Å². The second-order valence-corrected chi connectivity index (χ2v) is 21.3. The van der Waals surface area contributed by atoms with Gasteiger partial charge in [-0.05, 0) is 60.6 Å². The van der Waals surface area contributed by atoms with E-state index in [4.69, 9.17) is 4.43 Å². The lowest BCUT2D eigenvalue weighted by molar-refractivity contribution is 0.0774. The summed E-state index contributed by atoms with van der Waals surface area (Å²) in [5, 5.41) is 2.09. The van der Waals surface area contributed by atoms with E-state index in [1.54, 1.807) is 0 Å². The Morgan fingerprint density at radius 2 is 1.44 bits per heavy atom. The van der Waals surface area contributed by atoms with Crippen molar-refractivity contribution in [2.24, 2.45) is 10.8 Å². The van der Waals surface area contributed by atoms with Gasteiger partial charge in [0.25, 0.3) is 0 Å². The molecule has 2 aliphatic carbocycles. The van der Waals surface area contributed by atoms with Crippen LogP contribution in [0.4, 0.5) is 0 Å². The van der Waals surface area contributed by atoms with E-state index in [9.17, 15) is 4.57 Å². The summed E-state index contributed by atoms with van der Waals surface area (Å²) in [6, 6.07) is 21.3. The van der Waals surface area contributed by atoms with Gasteiger partial charge in [0.2, 0.25) is 0 Å². The predicted molar refractivity (Wildman–Crippen MR) is 159 cm³/mol. The molecular formula is C32H47O2PSi. The van der Waals surface area contributed by atoms with Gasteiger partial charge in [0.15, 0.2) is 8.32 Å². The lowest BCUT2D eigenvalue weighted by atomic mass is 9.81. The van der Waals surface area contributed by atoms with Crippen molar-refractivity contribution in [3.05, 3.63) is 72.3 Å². The van der Waals surface area contributed by atoms with Crippen molar-refractivity contribution in [3.63, 3.8) is 0 Å². The molecule has 2 atom stereocenters. The molecular weight excluding hydrogens is 475 g/mol. The topological polar surface area (TPSA) is 26.3 Å². The molecule has 0 aliphatic heterocycles. The van der Waals surface area contributed by atoms with Crippen molar-refractivity contribution in [1.82, 2.24) is 0 Å². The first-order valence-electron chi connectivity index (χ1n) is 13.8. The maximum atomic E-state index is 14.5. The standard InChI is InChI=1S/C32H47O2PSi/c1-30(2,3)25-36(7,31(4,5)6)34-29-24-26(18-20-32(29)21-22-32)19-23-35(33,27-14-10-8-11-15-27)28-16-12-9-13-17-28/h8-17,19,29H,18,20-25H2,1-7H3/b26-19+. The van der Waals surface area contributed by atoms with Gasteiger partial charge in [0, 0.05) is 16.8 Å². The zero-order valence-electron chi connectivity index (χ0n) is 23.6. The third-order valence-corrected chi connectivity index (χ3v) is 17.5. The molecule has 0 radical (unpaired) electrons. The van der Waals surface area contributed by atoms with Gasteiger partial charge in [0.05, 0.1) is 6.10 Å². The first-order chi connectivity index (χ1) is 16.8. The molecule has 4 heteroatoms. The molecule has 4 rings (SSSR count). The second-order valence-electron chi connectivity index (χ2n) is 13.8. The fraction of sp³-hybridized carbons (Fsp3) is 0.562. The summed E-state index contributed by atoms with van der Waals surface area (Å²) >= 11 is 0. The lowest BCUT2D eigenvalue weighted by Gasteiger charge is -2.48. The Balaban J connectivity index is 1.60. The lowest BCUT2D eigenvalue weighted by Crippen LogP contribution is -2.51. The average molecular weight is 523 g/mol. The SMILES string of the molecule is CC(C)(C)C[Si](C)(OC1C/C(=C/CP(=O)(c2ccccc2)c2ccccc2)CCC12CC2)C(C)(C)C. The summed E-state index contributed by atoms with van der Waals surface area (Å²) in [6.45, 7) is 16.7. The fourth-order valence-corrected chi connectivity index (χ4v) is 12.5. The highest BCUT2D eigenvalue weighted by atomic mass is 31.2. The summed E-state index contributed by atoms with van der Waals surface area (Å²) in [5.41, 5.74) is 2.10. The van der Waals surface area contributed by atoms with Gasteiger partial charge in [-0.15, -0.1) is 0 Å². The van der Waals surface area contributed by atoms with E-state index in [-0.39, 0.29) is 10.5 Å². The van der Waals surface area contributed by atoms with Gasteiger partial charge < -0.3 is 8.99 Å². The van der Waals surface area contributed by atoms with Crippen molar-refractivity contribution < 1.29 is 8.99 Å². The molecule has 2 nitrogen and oxygen atoms in total. The van der Waals surface area contributed by atoms with Crippen molar-refractivity contribution in [2.45, 2.75) is 97.4 Å². The van der Waals surface area contributed by atoms with Gasteiger partial charge in [0.1, 0.15) is 7.14 Å². The molecule has 2 unspecified atom stereocenters.